The van der Waals surface area contributed by atoms with Crippen LogP contribution in [0.3, 0.4) is 0 Å². The van der Waals surface area contributed by atoms with Crippen molar-refractivity contribution in [3.8, 4) is 0 Å². The van der Waals surface area contributed by atoms with Gasteiger partial charge in [0.25, 0.3) is 0 Å². The first-order valence-corrected chi connectivity index (χ1v) is 9.86. The van der Waals surface area contributed by atoms with Crippen LogP contribution in [0.5, 0.6) is 0 Å². The van der Waals surface area contributed by atoms with Crippen LogP contribution in [0.2, 0.25) is 0 Å². The van der Waals surface area contributed by atoms with Gasteiger partial charge in [0, 0.05) is 0 Å². The summed E-state index contributed by atoms with van der Waals surface area (Å²) in [7, 11) is 0. The smallest absolute Gasteiger partial charge is 0.163 e. The van der Waals surface area contributed by atoms with Crippen LogP contribution in [0.1, 0.15) is 77.0 Å². The van der Waals surface area contributed by atoms with E-state index < -0.39 is 0 Å². The second-order valence-corrected chi connectivity index (χ2v) is 6.61. The molecule has 6 heteroatoms. The zero-order chi connectivity index (χ0) is 17.5. The zero-order valence-corrected chi connectivity index (χ0v) is 15.3. The molecule has 144 valence electrons. The molecular formula is C18H39N3O3. The maximum Gasteiger partial charge on any atom is 0.163 e. The van der Waals surface area contributed by atoms with Crippen LogP contribution in [0, 0.1) is 0 Å². The maximum atomic E-state index is 5.98. The topological polar surface area (TPSA) is 106 Å². The summed E-state index contributed by atoms with van der Waals surface area (Å²) in [5.41, 5.74) is 16.7. The molecule has 0 radical (unpaired) electrons. The molecule has 1 aliphatic heterocycles. The molecule has 1 heterocycles. The van der Waals surface area contributed by atoms with Crippen LogP contribution in [0.4, 0.5) is 0 Å². The van der Waals surface area contributed by atoms with Gasteiger partial charge < -0.3 is 31.4 Å². The number of rotatable bonds is 15. The standard InChI is InChI=1S/C18H39N3O3/c19-13-7-1-4-10-16-22-17(11-5-2-8-14-20)24-18(23-16)12-6-3-9-15-21/h16-18H,1-15,19-21H2. The van der Waals surface area contributed by atoms with E-state index in [0.29, 0.717) is 0 Å². The predicted molar refractivity (Wildman–Crippen MR) is 97.2 cm³/mol. The van der Waals surface area contributed by atoms with Gasteiger partial charge in [0.1, 0.15) is 0 Å². The predicted octanol–water partition coefficient (Wildman–Crippen LogP) is 2.59. The summed E-state index contributed by atoms with van der Waals surface area (Å²) in [5.74, 6) is 0. The van der Waals surface area contributed by atoms with Crippen molar-refractivity contribution >= 4 is 0 Å². The van der Waals surface area contributed by atoms with Gasteiger partial charge in [-0.1, -0.05) is 19.3 Å². The molecule has 24 heavy (non-hydrogen) atoms. The zero-order valence-electron chi connectivity index (χ0n) is 15.3. The van der Waals surface area contributed by atoms with E-state index in [9.17, 15) is 0 Å². The van der Waals surface area contributed by atoms with Crippen LogP contribution in [0.15, 0.2) is 0 Å². The Morgan fingerprint density at radius 2 is 0.708 bits per heavy atom. The highest BCUT2D eigenvalue weighted by molar-refractivity contribution is 4.61. The van der Waals surface area contributed by atoms with Crippen LogP contribution in [-0.2, 0) is 14.2 Å². The minimum Gasteiger partial charge on any atom is -0.330 e. The third kappa shape index (κ3) is 10.6. The van der Waals surface area contributed by atoms with Gasteiger partial charge in [0.15, 0.2) is 18.9 Å². The largest absolute Gasteiger partial charge is 0.330 e. The molecule has 0 unspecified atom stereocenters. The maximum absolute atomic E-state index is 5.98. The highest BCUT2D eigenvalue weighted by Gasteiger charge is 2.29. The fraction of sp³-hybridized carbons (Fsp3) is 1.00. The molecule has 0 aromatic rings. The van der Waals surface area contributed by atoms with E-state index in [1.54, 1.807) is 0 Å². The van der Waals surface area contributed by atoms with Crippen LogP contribution >= 0.6 is 0 Å². The molecular weight excluding hydrogens is 306 g/mol. The van der Waals surface area contributed by atoms with Crippen molar-refractivity contribution in [2.45, 2.75) is 95.9 Å². The molecule has 6 nitrogen and oxygen atoms in total. The molecule has 0 amide bonds. The van der Waals surface area contributed by atoms with E-state index in [2.05, 4.69) is 0 Å². The molecule has 0 saturated carbocycles. The van der Waals surface area contributed by atoms with Gasteiger partial charge in [-0.05, 0) is 77.4 Å². The first kappa shape index (κ1) is 21.8. The lowest BCUT2D eigenvalue weighted by Gasteiger charge is -2.36. The fourth-order valence-corrected chi connectivity index (χ4v) is 2.91. The van der Waals surface area contributed by atoms with E-state index in [4.69, 9.17) is 31.4 Å². The van der Waals surface area contributed by atoms with Crippen molar-refractivity contribution in [3.63, 3.8) is 0 Å². The molecule has 6 N–H and O–H groups in total. The first-order valence-electron chi connectivity index (χ1n) is 9.86. The number of ether oxygens (including phenoxy) is 3. The minimum absolute atomic E-state index is 0.143. The third-order valence-corrected chi connectivity index (χ3v) is 4.34. The normalized spacial score (nSPS) is 24.4. The number of hydrogen-bond donors (Lipinski definition) is 3. The lowest BCUT2D eigenvalue weighted by molar-refractivity contribution is -0.386. The van der Waals surface area contributed by atoms with Crippen molar-refractivity contribution in [1.29, 1.82) is 0 Å². The quantitative estimate of drug-likeness (QED) is 0.394. The van der Waals surface area contributed by atoms with E-state index in [0.717, 1.165) is 96.7 Å². The Morgan fingerprint density at radius 3 is 0.958 bits per heavy atom. The van der Waals surface area contributed by atoms with Gasteiger partial charge >= 0.3 is 0 Å². The molecule has 1 aliphatic rings. The number of hydrogen-bond acceptors (Lipinski definition) is 6. The van der Waals surface area contributed by atoms with Gasteiger partial charge in [-0.25, -0.2) is 0 Å². The molecule has 0 atom stereocenters. The van der Waals surface area contributed by atoms with Crippen LogP contribution < -0.4 is 17.2 Å². The van der Waals surface area contributed by atoms with E-state index in [1.165, 1.54) is 0 Å². The Balaban J connectivity index is 2.33. The van der Waals surface area contributed by atoms with Crippen LogP contribution in [0.25, 0.3) is 0 Å². The highest BCUT2D eigenvalue weighted by atomic mass is 16.9. The molecule has 0 aromatic heterocycles. The van der Waals surface area contributed by atoms with Crippen molar-refractivity contribution in [3.05, 3.63) is 0 Å². The number of nitrogens with two attached hydrogens (primary N) is 3. The Bertz CT molecular complexity index is 233. The van der Waals surface area contributed by atoms with E-state index in [-0.39, 0.29) is 18.9 Å². The van der Waals surface area contributed by atoms with Crippen molar-refractivity contribution < 1.29 is 14.2 Å². The summed E-state index contributed by atoms with van der Waals surface area (Å²) in [6.07, 6.45) is 12.2. The summed E-state index contributed by atoms with van der Waals surface area (Å²) in [6.45, 7) is 2.26. The minimum atomic E-state index is -0.143. The Hall–Kier alpha value is -0.240. The third-order valence-electron chi connectivity index (χ3n) is 4.34. The molecule has 0 bridgehead atoms. The SMILES string of the molecule is NCCCCCC1OC(CCCCCN)OC(CCCCCN)O1. The second-order valence-electron chi connectivity index (χ2n) is 6.61. The van der Waals surface area contributed by atoms with Gasteiger partial charge in [-0.2, -0.15) is 0 Å². The Kier molecular flexibility index (Phi) is 13.7. The Labute approximate surface area is 147 Å². The molecule has 1 fully saturated rings. The average molecular weight is 346 g/mol. The summed E-state index contributed by atoms with van der Waals surface area (Å²) < 4.78 is 17.9. The second kappa shape index (κ2) is 15.0. The van der Waals surface area contributed by atoms with Gasteiger partial charge in [0.05, 0.1) is 0 Å². The van der Waals surface area contributed by atoms with Crippen LogP contribution in [-0.4, -0.2) is 38.5 Å². The molecule has 0 spiro atoms. The van der Waals surface area contributed by atoms with Gasteiger partial charge in [-0.3, -0.25) is 0 Å². The monoisotopic (exact) mass is 345 g/mol. The van der Waals surface area contributed by atoms with Gasteiger partial charge in [0.2, 0.25) is 0 Å². The molecule has 0 aromatic carbocycles. The number of unbranched alkanes of at least 4 members (excludes halogenated alkanes) is 6. The fourth-order valence-electron chi connectivity index (χ4n) is 2.91. The van der Waals surface area contributed by atoms with E-state index in [1.807, 2.05) is 0 Å². The highest BCUT2D eigenvalue weighted by Crippen LogP contribution is 2.25. The Morgan fingerprint density at radius 1 is 0.417 bits per heavy atom. The lowest BCUT2D eigenvalue weighted by Crippen LogP contribution is -2.40. The molecule has 1 saturated heterocycles. The van der Waals surface area contributed by atoms with Gasteiger partial charge in [-0.15, -0.1) is 0 Å². The lowest BCUT2D eigenvalue weighted by atomic mass is 10.1. The summed E-state index contributed by atoms with van der Waals surface area (Å²) in [5, 5.41) is 0. The average Bonchev–Trinajstić information content (AvgIpc) is 2.59. The van der Waals surface area contributed by atoms with Crippen molar-refractivity contribution in [2.24, 2.45) is 17.2 Å². The van der Waals surface area contributed by atoms with Crippen molar-refractivity contribution in [2.75, 3.05) is 19.6 Å². The molecule has 0 aliphatic carbocycles. The van der Waals surface area contributed by atoms with E-state index >= 15 is 0 Å². The van der Waals surface area contributed by atoms with Crippen molar-refractivity contribution in [1.82, 2.24) is 0 Å². The summed E-state index contributed by atoms with van der Waals surface area (Å²) in [4.78, 5) is 0. The summed E-state index contributed by atoms with van der Waals surface area (Å²) >= 11 is 0. The summed E-state index contributed by atoms with van der Waals surface area (Å²) in [6, 6.07) is 0. The molecule has 1 rings (SSSR count). The first-order chi connectivity index (χ1) is 11.8.